The van der Waals surface area contributed by atoms with E-state index in [4.69, 9.17) is 14.9 Å². The first-order valence-corrected chi connectivity index (χ1v) is 13.5. The summed E-state index contributed by atoms with van der Waals surface area (Å²) >= 11 is 0. The quantitative estimate of drug-likeness (QED) is 0.281. The lowest BCUT2D eigenvalue weighted by Gasteiger charge is -2.33. The zero-order valence-electron chi connectivity index (χ0n) is 22.8. The lowest BCUT2D eigenvalue weighted by Crippen LogP contribution is -2.40. The van der Waals surface area contributed by atoms with E-state index in [0.717, 1.165) is 63.1 Å². The summed E-state index contributed by atoms with van der Waals surface area (Å²) in [4.78, 5) is 32.5. The van der Waals surface area contributed by atoms with Crippen molar-refractivity contribution in [3.63, 3.8) is 0 Å². The van der Waals surface area contributed by atoms with E-state index in [1.165, 1.54) is 0 Å². The maximum atomic E-state index is 12.5. The highest BCUT2D eigenvalue weighted by Gasteiger charge is 2.23. The zero-order valence-corrected chi connectivity index (χ0v) is 22.8. The number of ether oxygens (including phenoxy) is 2. The summed E-state index contributed by atoms with van der Waals surface area (Å²) < 4.78 is 11.4. The highest BCUT2D eigenvalue weighted by molar-refractivity contribution is 5.95. The number of rotatable bonds is 10. The number of nitrogens with zero attached hydrogens (tertiary/aromatic N) is 3. The second-order valence-electron chi connectivity index (χ2n) is 10.3. The topological polar surface area (TPSA) is 107 Å². The number of carbonyl (C=O) groups excluding carboxylic acids is 2. The molecule has 2 N–H and O–H groups in total. The van der Waals surface area contributed by atoms with E-state index in [1.54, 1.807) is 12.0 Å². The van der Waals surface area contributed by atoms with E-state index in [-0.39, 0.29) is 17.7 Å². The van der Waals surface area contributed by atoms with Crippen LogP contribution in [-0.2, 0) is 9.53 Å². The van der Waals surface area contributed by atoms with Crippen molar-refractivity contribution in [2.75, 3.05) is 46.4 Å². The molecule has 2 aliphatic rings. The number of aliphatic imine (C=N–C) groups is 1. The van der Waals surface area contributed by atoms with Gasteiger partial charge in [0.25, 0.3) is 11.9 Å². The molecule has 0 bridgehead atoms. The predicted molar refractivity (Wildman–Crippen MR) is 145 cm³/mol. The van der Waals surface area contributed by atoms with Crippen LogP contribution in [-0.4, -0.2) is 79.9 Å². The summed E-state index contributed by atoms with van der Waals surface area (Å²) in [6, 6.07) is 6.13. The van der Waals surface area contributed by atoms with Gasteiger partial charge in [-0.05, 0) is 68.7 Å². The monoisotopic (exact) mass is 513 g/mol. The second-order valence-corrected chi connectivity index (χ2v) is 10.3. The molecule has 0 saturated carbocycles. The number of methoxy groups -OCH3 is 1. The van der Waals surface area contributed by atoms with E-state index in [1.807, 2.05) is 39.0 Å². The summed E-state index contributed by atoms with van der Waals surface area (Å²) in [6.45, 7) is 10.1. The maximum Gasteiger partial charge on any atom is 0.293 e. The Labute approximate surface area is 221 Å². The Kier molecular flexibility index (Phi) is 10.8. The molecule has 0 spiro atoms. The molecule has 2 amide bonds. The molecule has 0 unspecified atom stereocenters. The number of nitrogens with one attached hydrogen (secondary N) is 2. The molecule has 3 rings (SSSR count). The molecule has 37 heavy (non-hydrogen) atoms. The molecule has 0 aromatic heterocycles. The molecule has 0 atom stereocenters. The number of amidine groups is 2. The van der Waals surface area contributed by atoms with Gasteiger partial charge in [0.15, 0.2) is 0 Å². The highest BCUT2D eigenvalue weighted by atomic mass is 16.5. The van der Waals surface area contributed by atoms with Gasteiger partial charge in [0, 0.05) is 50.6 Å². The first-order valence-electron chi connectivity index (χ1n) is 13.5. The van der Waals surface area contributed by atoms with Crippen LogP contribution in [0.1, 0.15) is 68.3 Å². The number of piperidine rings is 1. The van der Waals surface area contributed by atoms with Crippen LogP contribution in [0.2, 0.25) is 0 Å². The molecule has 2 saturated heterocycles. The summed E-state index contributed by atoms with van der Waals surface area (Å²) in [5, 5.41) is 10.9. The van der Waals surface area contributed by atoms with Crippen LogP contribution >= 0.6 is 0 Å². The van der Waals surface area contributed by atoms with Crippen molar-refractivity contribution >= 4 is 23.7 Å². The van der Waals surface area contributed by atoms with Gasteiger partial charge in [0.05, 0.1) is 13.7 Å². The van der Waals surface area contributed by atoms with Gasteiger partial charge in [-0.15, -0.1) is 0 Å². The number of benzene rings is 1. The van der Waals surface area contributed by atoms with Gasteiger partial charge >= 0.3 is 0 Å². The van der Waals surface area contributed by atoms with Crippen molar-refractivity contribution in [1.29, 1.82) is 5.41 Å². The molecular weight excluding hydrogens is 470 g/mol. The standard InChI is InChI=1S/C28H43N5O4/c1-20(2)26(29)31-28(36-4)33-15-11-22(12-16-33)7-6-18-37-23-9-10-24(21(3)19-23)27(35)30-13-17-32-14-5-8-25(32)34/h9-10,19-20,22,29H,5-8,11-18H2,1-4H3,(H,30,35)/b29-26?,31-28-. The van der Waals surface area contributed by atoms with Crippen molar-refractivity contribution < 1.29 is 19.1 Å². The molecule has 0 aliphatic carbocycles. The summed E-state index contributed by atoms with van der Waals surface area (Å²) in [5.41, 5.74) is 1.51. The average molecular weight is 514 g/mol. The van der Waals surface area contributed by atoms with Gasteiger partial charge in [0.1, 0.15) is 11.6 Å². The molecule has 9 heteroatoms. The molecule has 2 heterocycles. The maximum absolute atomic E-state index is 12.5. The molecule has 0 radical (unpaired) electrons. The summed E-state index contributed by atoms with van der Waals surface area (Å²) in [7, 11) is 1.62. The van der Waals surface area contributed by atoms with Crippen molar-refractivity contribution in [2.24, 2.45) is 16.8 Å². The number of hydrogen-bond acceptors (Lipinski definition) is 5. The van der Waals surface area contributed by atoms with Crippen molar-refractivity contribution in [1.82, 2.24) is 15.1 Å². The van der Waals surface area contributed by atoms with E-state index in [9.17, 15) is 9.59 Å². The Hall–Kier alpha value is -3.10. The van der Waals surface area contributed by atoms with Crippen molar-refractivity contribution in [3.05, 3.63) is 29.3 Å². The van der Waals surface area contributed by atoms with Gasteiger partial charge in [-0.3, -0.25) is 15.0 Å². The van der Waals surface area contributed by atoms with Crippen LogP contribution in [0.5, 0.6) is 5.75 Å². The number of aryl methyl sites for hydroxylation is 1. The first kappa shape index (κ1) is 28.5. The molecular formula is C28H43N5O4. The third-order valence-corrected chi connectivity index (χ3v) is 7.14. The third kappa shape index (κ3) is 8.47. The molecule has 9 nitrogen and oxygen atoms in total. The first-order chi connectivity index (χ1) is 17.8. The number of carbonyl (C=O) groups is 2. The van der Waals surface area contributed by atoms with E-state index >= 15 is 0 Å². The molecule has 204 valence electrons. The smallest absolute Gasteiger partial charge is 0.293 e. The van der Waals surface area contributed by atoms with Gasteiger partial charge in [-0.2, -0.15) is 4.99 Å². The Morgan fingerprint density at radius 3 is 2.62 bits per heavy atom. The van der Waals surface area contributed by atoms with Gasteiger partial charge in [-0.25, -0.2) is 0 Å². The average Bonchev–Trinajstić information content (AvgIpc) is 3.29. The lowest BCUT2D eigenvalue weighted by molar-refractivity contribution is -0.127. The van der Waals surface area contributed by atoms with Crippen LogP contribution in [0.3, 0.4) is 0 Å². The Bertz CT molecular complexity index is 969. The van der Waals surface area contributed by atoms with E-state index in [0.29, 0.717) is 49.5 Å². The van der Waals surface area contributed by atoms with Crippen molar-refractivity contribution in [2.45, 2.75) is 59.3 Å². The number of likely N-dealkylation sites (tertiary alicyclic amines) is 2. The lowest BCUT2D eigenvalue weighted by atomic mass is 9.92. The van der Waals surface area contributed by atoms with Crippen LogP contribution in [0.15, 0.2) is 23.2 Å². The fourth-order valence-corrected chi connectivity index (χ4v) is 4.77. The van der Waals surface area contributed by atoms with Crippen LogP contribution in [0, 0.1) is 24.2 Å². The summed E-state index contributed by atoms with van der Waals surface area (Å²) in [5.74, 6) is 1.90. The van der Waals surface area contributed by atoms with Crippen molar-refractivity contribution in [3.8, 4) is 5.75 Å². The zero-order chi connectivity index (χ0) is 26.8. The number of amides is 2. The SMILES string of the molecule is CO/C(=N\C(=N)C(C)C)N1CCC(CCCOc2ccc(C(=O)NCCN3CCCC3=O)c(C)c2)CC1. The Balaban J connectivity index is 1.35. The van der Waals surface area contributed by atoms with Gasteiger partial charge in [0.2, 0.25) is 5.91 Å². The minimum Gasteiger partial charge on any atom is -0.494 e. The van der Waals surface area contributed by atoms with Crippen LogP contribution in [0.4, 0.5) is 0 Å². The van der Waals surface area contributed by atoms with Crippen LogP contribution in [0.25, 0.3) is 0 Å². The van der Waals surface area contributed by atoms with Gasteiger partial charge < -0.3 is 24.6 Å². The fourth-order valence-electron chi connectivity index (χ4n) is 4.77. The fraction of sp³-hybridized carbons (Fsp3) is 0.643. The van der Waals surface area contributed by atoms with E-state index in [2.05, 4.69) is 15.2 Å². The molecule has 1 aromatic carbocycles. The Morgan fingerprint density at radius 1 is 1.24 bits per heavy atom. The van der Waals surface area contributed by atoms with E-state index < -0.39 is 0 Å². The normalized spacial score (nSPS) is 16.9. The number of hydrogen-bond donors (Lipinski definition) is 2. The second kappa shape index (κ2) is 14.0. The molecule has 2 aliphatic heterocycles. The largest absolute Gasteiger partial charge is 0.494 e. The minimum absolute atomic E-state index is 0.0810. The molecule has 2 fully saturated rings. The highest BCUT2D eigenvalue weighted by Crippen LogP contribution is 2.23. The van der Waals surface area contributed by atoms with Gasteiger partial charge in [-0.1, -0.05) is 13.8 Å². The molecule has 1 aromatic rings. The minimum atomic E-state index is -0.121. The van der Waals surface area contributed by atoms with Crippen LogP contribution < -0.4 is 10.1 Å². The Morgan fingerprint density at radius 2 is 2.00 bits per heavy atom. The third-order valence-electron chi connectivity index (χ3n) is 7.14. The predicted octanol–water partition coefficient (Wildman–Crippen LogP) is 3.85. The summed E-state index contributed by atoms with van der Waals surface area (Å²) in [6.07, 6.45) is 5.75.